The van der Waals surface area contributed by atoms with Crippen molar-refractivity contribution in [2.24, 2.45) is 11.8 Å². The van der Waals surface area contributed by atoms with Gasteiger partial charge < -0.3 is 9.47 Å². The Bertz CT molecular complexity index is 1010. The molecule has 0 radical (unpaired) electrons. The van der Waals surface area contributed by atoms with Gasteiger partial charge in [0, 0.05) is 41.3 Å². The van der Waals surface area contributed by atoms with Crippen molar-refractivity contribution in [2.45, 2.75) is 57.2 Å². The molecule has 0 saturated carbocycles. The van der Waals surface area contributed by atoms with Crippen molar-refractivity contribution in [1.82, 2.24) is 14.4 Å². The normalized spacial score (nSPS) is 31.2. The van der Waals surface area contributed by atoms with Gasteiger partial charge in [-0.15, -0.1) is 0 Å². The molecule has 6 rings (SSSR count). The van der Waals surface area contributed by atoms with Crippen LogP contribution in [-0.4, -0.2) is 52.0 Å². The predicted octanol–water partition coefficient (Wildman–Crippen LogP) is 4.72. The van der Waals surface area contributed by atoms with Gasteiger partial charge in [-0.1, -0.05) is 35.7 Å². The smallest absolute Gasteiger partial charge is 0.243 e. The lowest BCUT2D eigenvalue weighted by Crippen LogP contribution is -2.60. The number of aromatic nitrogens is 1. The van der Waals surface area contributed by atoms with Crippen LogP contribution >= 0.6 is 11.6 Å². The Kier molecular flexibility index (Phi) is 4.69. The summed E-state index contributed by atoms with van der Waals surface area (Å²) < 4.78 is 2.06. The maximum Gasteiger partial charge on any atom is 0.243 e. The van der Waals surface area contributed by atoms with Gasteiger partial charge >= 0.3 is 0 Å². The number of likely N-dealkylation sites (tertiary alicyclic amines) is 1. The van der Waals surface area contributed by atoms with Crippen molar-refractivity contribution in [1.29, 1.82) is 0 Å². The molecule has 4 heterocycles. The molecule has 4 nitrogen and oxygen atoms in total. The molecule has 0 spiro atoms. The monoisotopic (exact) mass is 423 g/mol. The number of halogens is 1. The zero-order chi connectivity index (χ0) is 20.2. The van der Waals surface area contributed by atoms with E-state index >= 15 is 0 Å². The van der Waals surface area contributed by atoms with Crippen LogP contribution in [0.25, 0.3) is 10.9 Å². The summed E-state index contributed by atoms with van der Waals surface area (Å²) in [5.41, 5.74) is 2.60. The largest absolute Gasteiger partial charge is 0.338 e. The molecular formula is C25H30ClN3O. The van der Waals surface area contributed by atoms with Gasteiger partial charge in [0.15, 0.2) is 0 Å². The number of rotatable bonds is 2. The highest BCUT2D eigenvalue weighted by atomic mass is 35.5. The van der Waals surface area contributed by atoms with Gasteiger partial charge in [-0.25, -0.2) is 0 Å². The fourth-order valence-corrected chi connectivity index (χ4v) is 7.05. The zero-order valence-electron chi connectivity index (χ0n) is 17.5. The van der Waals surface area contributed by atoms with E-state index in [9.17, 15) is 4.79 Å². The van der Waals surface area contributed by atoms with Crippen molar-refractivity contribution < 1.29 is 4.79 Å². The summed E-state index contributed by atoms with van der Waals surface area (Å²) in [6.45, 7) is 3.72. The molecule has 4 aliphatic rings. The van der Waals surface area contributed by atoms with E-state index in [0.29, 0.717) is 24.4 Å². The first-order valence-electron chi connectivity index (χ1n) is 11.7. The molecule has 3 saturated heterocycles. The van der Waals surface area contributed by atoms with E-state index in [-0.39, 0.29) is 5.91 Å². The molecule has 30 heavy (non-hydrogen) atoms. The SMILES string of the molecule is O=C(Cn1ccc2c(Cl)cccc21)N1CCCC2=C[C@H]3C[C@@H](CN4CCCCC34)C21. The molecule has 3 aliphatic heterocycles. The average molecular weight is 424 g/mol. The van der Waals surface area contributed by atoms with Gasteiger partial charge in [0.2, 0.25) is 5.91 Å². The Hall–Kier alpha value is -1.78. The Morgan fingerprint density at radius 3 is 3.00 bits per heavy atom. The first kappa shape index (κ1) is 18.9. The van der Waals surface area contributed by atoms with Gasteiger partial charge in [-0.3, -0.25) is 9.69 Å². The second kappa shape index (κ2) is 7.42. The summed E-state index contributed by atoms with van der Waals surface area (Å²) in [6, 6.07) is 9.02. The standard InChI is InChI=1S/C25H30ClN3O/c26-21-6-3-8-23-20(21)9-12-28(23)16-24(30)29-11-4-5-17-13-18-14-19(25(17)29)15-27-10-2-1-7-22(18)27/h3,6,8-9,12-13,18-19,22,25H,1-2,4-5,7,10-11,14-16H2/t18-,19-,22?,25?/m0/s1. The molecule has 2 unspecified atom stereocenters. The van der Waals surface area contributed by atoms with Crippen LogP contribution in [0.5, 0.6) is 0 Å². The van der Waals surface area contributed by atoms with Crippen LogP contribution in [0.1, 0.15) is 38.5 Å². The molecule has 1 aromatic heterocycles. The van der Waals surface area contributed by atoms with E-state index < -0.39 is 0 Å². The first-order valence-corrected chi connectivity index (χ1v) is 12.0. The number of carbonyl (C=O) groups excluding carboxylic acids is 1. The summed E-state index contributed by atoms with van der Waals surface area (Å²) in [4.78, 5) is 18.5. The highest BCUT2D eigenvalue weighted by Gasteiger charge is 2.46. The van der Waals surface area contributed by atoms with Crippen molar-refractivity contribution in [3.63, 3.8) is 0 Å². The third-order valence-electron chi connectivity index (χ3n) is 8.04. The lowest BCUT2D eigenvalue weighted by Gasteiger charge is -2.54. The van der Waals surface area contributed by atoms with Gasteiger partial charge in [0.05, 0.1) is 6.04 Å². The molecule has 2 aromatic rings. The van der Waals surface area contributed by atoms with Gasteiger partial charge in [0.25, 0.3) is 0 Å². The number of piperidine rings is 3. The Morgan fingerprint density at radius 1 is 1.13 bits per heavy atom. The molecule has 158 valence electrons. The topological polar surface area (TPSA) is 28.5 Å². The minimum absolute atomic E-state index is 0.252. The molecule has 5 heteroatoms. The summed E-state index contributed by atoms with van der Waals surface area (Å²) in [5.74, 6) is 1.56. The zero-order valence-corrected chi connectivity index (χ0v) is 18.2. The van der Waals surface area contributed by atoms with Gasteiger partial charge in [-0.2, -0.15) is 0 Å². The Balaban J connectivity index is 1.27. The quantitative estimate of drug-likeness (QED) is 0.654. The summed E-state index contributed by atoms with van der Waals surface area (Å²) in [5, 5.41) is 1.77. The molecular weight excluding hydrogens is 394 g/mol. The van der Waals surface area contributed by atoms with Crippen molar-refractivity contribution in [2.75, 3.05) is 19.6 Å². The molecule has 1 amide bonds. The number of hydrogen-bond acceptors (Lipinski definition) is 2. The highest BCUT2D eigenvalue weighted by molar-refractivity contribution is 6.35. The number of amides is 1. The molecule has 1 aromatic carbocycles. The van der Waals surface area contributed by atoms with Crippen LogP contribution in [-0.2, 0) is 11.3 Å². The number of hydrogen-bond donors (Lipinski definition) is 0. The van der Waals surface area contributed by atoms with Crippen molar-refractivity contribution in [3.05, 3.63) is 47.1 Å². The Labute approximate surface area is 183 Å². The molecule has 0 N–H and O–H groups in total. The van der Waals surface area contributed by atoms with E-state index in [2.05, 4.69) is 26.5 Å². The summed E-state index contributed by atoms with van der Waals surface area (Å²) in [6.07, 6.45) is 12.2. The third-order valence-corrected chi connectivity index (χ3v) is 8.37. The van der Waals surface area contributed by atoms with Crippen LogP contribution in [0.3, 0.4) is 0 Å². The van der Waals surface area contributed by atoms with Gasteiger partial charge in [0.1, 0.15) is 6.54 Å². The number of benzene rings is 1. The van der Waals surface area contributed by atoms with E-state index in [0.717, 1.165) is 34.9 Å². The minimum atomic E-state index is 0.252. The maximum absolute atomic E-state index is 13.5. The van der Waals surface area contributed by atoms with Crippen molar-refractivity contribution in [3.8, 4) is 0 Å². The molecule has 1 aliphatic carbocycles. The second-order valence-corrected chi connectivity index (χ2v) is 10.1. The fourth-order valence-electron chi connectivity index (χ4n) is 6.81. The van der Waals surface area contributed by atoms with Gasteiger partial charge in [-0.05, 0) is 68.7 Å². The maximum atomic E-state index is 13.5. The Morgan fingerprint density at radius 2 is 2.07 bits per heavy atom. The molecule has 2 bridgehead atoms. The average Bonchev–Trinajstić information content (AvgIpc) is 3.17. The lowest BCUT2D eigenvalue weighted by atomic mass is 9.68. The van der Waals surface area contributed by atoms with E-state index in [1.54, 1.807) is 5.57 Å². The third kappa shape index (κ3) is 3.03. The number of carbonyl (C=O) groups is 1. The van der Waals surface area contributed by atoms with E-state index in [1.165, 1.54) is 45.2 Å². The first-order chi connectivity index (χ1) is 14.7. The minimum Gasteiger partial charge on any atom is -0.338 e. The molecule has 4 atom stereocenters. The lowest BCUT2D eigenvalue weighted by molar-refractivity contribution is -0.136. The van der Waals surface area contributed by atoms with Crippen LogP contribution in [0.15, 0.2) is 42.1 Å². The van der Waals surface area contributed by atoms with E-state index in [1.807, 2.05) is 24.4 Å². The van der Waals surface area contributed by atoms with Crippen LogP contribution in [0.4, 0.5) is 0 Å². The number of nitrogens with zero attached hydrogens (tertiary/aromatic N) is 3. The predicted molar refractivity (Wildman–Crippen MR) is 121 cm³/mol. The fraction of sp³-hybridized carbons (Fsp3) is 0.560. The molecule has 3 fully saturated rings. The second-order valence-electron chi connectivity index (χ2n) is 9.71. The van der Waals surface area contributed by atoms with Crippen LogP contribution in [0, 0.1) is 11.8 Å². The van der Waals surface area contributed by atoms with E-state index in [4.69, 9.17) is 11.6 Å². The highest BCUT2D eigenvalue weighted by Crippen LogP contribution is 2.45. The van der Waals surface area contributed by atoms with Crippen molar-refractivity contribution >= 4 is 28.4 Å². The summed E-state index contributed by atoms with van der Waals surface area (Å²) >= 11 is 6.34. The number of fused-ring (bicyclic) bond motifs is 7. The summed E-state index contributed by atoms with van der Waals surface area (Å²) in [7, 11) is 0. The van der Waals surface area contributed by atoms with Crippen LogP contribution < -0.4 is 0 Å². The van der Waals surface area contributed by atoms with Crippen LogP contribution in [0.2, 0.25) is 5.02 Å².